The second-order valence-corrected chi connectivity index (χ2v) is 3.92. The molecule has 0 aromatic carbocycles. The molecule has 62 valence electrons. The first kappa shape index (κ1) is 7.25. The largest absolute Gasteiger partial charge is 0.315 e. The van der Waals surface area contributed by atoms with E-state index in [-0.39, 0.29) is 5.41 Å². The lowest BCUT2D eigenvalue weighted by molar-refractivity contribution is -0.127. The first-order valence-corrected chi connectivity index (χ1v) is 4.19. The van der Waals surface area contributed by atoms with Gasteiger partial charge >= 0.3 is 0 Å². The number of fused-ring (bicyclic) bond motifs is 2. The molecular weight excluding hydrogens is 140 g/mol. The van der Waals surface area contributed by atoms with Gasteiger partial charge in [0.2, 0.25) is 0 Å². The summed E-state index contributed by atoms with van der Waals surface area (Å²) in [7, 11) is 0. The third-order valence-electron chi connectivity index (χ3n) is 3.32. The van der Waals surface area contributed by atoms with Crippen molar-refractivity contribution in [1.82, 2.24) is 0 Å². The minimum Gasteiger partial charge on any atom is -0.315 e. The molecular formula is C8H14N2O. The molecule has 3 nitrogen and oxygen atoms in total. The number of hydrogen-bond acceptors (Lipinski definition) is 3. The predicted molar refractivity (Wildman–Crippen MR) is 41.6 cm³/mol. The predicted octanol–water partition coefficient (Wildman–Crippen LogP) is -0.0108. The van der Waals surface area contributed by atoms with Gasteiger partial charge in [-0.25, -0.2) is 0 Å². The molecule has 2 aliphatic rings. The smallest absolute Gasteiger partial charge is 0.142 e. The topological polar surface area (TPSA) is 69.1 Å². The maximum Gasteiger partial charge on any atom is 0.142 e. The Labute approximate surface area is 66.1 Å². The zero-order valence-corrected chi connectivity index (χ0v) is 6.55. The lowest BCUT2D eigenvalue weighted by Crippen LogP contribution is -2.50. The van der Waals surface area contributed by atoms with E-state index >= 15 is 0 Å². The van der Waals surface area contributed by atoms with Gasteiger partial charge in [-0.15, -0.1) is 0 Å². The van der Waals surface area contributed by atoms with Crippen LogP contribution in [0.15, 0.2) is 0 Å². The minimum absolute atomic E-state index is 0.309. The summed E-state index contributed by atoms with van der Waals surface area (Å²) in [6, 6.07) is 0. The number of rotatable bonds is 1. The van der Waals surface area contributed by atoms with Gasteiger partial charge in [0.05, 0.1) is 11.6 Å². The number of hydrogen-bond donors (Lipinski definition) is 2. The second kappa shape index (κ2) is 2.05. The van der Waals surface area contributed by atoms with E-state index in [1.54, 1.807) is 0 Å². The molecule has 0 saturated heterocycles. The van der Waals surface area contributed by atoms with Crippen LogP contribution in [0.1, 0.15) is 25.7 Å². The SMILES string of the molecule is NC(N)C12CCC(CC1=O)C2. The van der Waals surface area contributed by atoms with Crippen LogP contribution in [0.5, 0.6) is 0 Å². The van der Waals surface area contributed by atoms with E-state index in [1.807, 2.05) is 0 Å². The summed E-state index contributed by atoms with van der Waals surface area (Å²) < 4.78 is 0. The summed E-state index contributed by atoms with van der Waals surface area (Å²) in [6.45, 7) is 0. The Morgan fingerprint density at radius 3 is 2.55 bits per heavy atom. The first-order valence-electron chi connectivity index (χ1n) is 4.19. The van der Waals surface area contributed by atoms with Gasteiger partial charge in [-0.3, -0.25) is 4.79 Å². The van der Waals surface area contributed by atoms with Crippen LogP contribution in [-0.4, -0.2) is 11.9 Å². The maximum atomic E-state index is 11.4. The van der Waals surface area contributed by atoms with Crippen molar-refractivity contribution in [3.05, 3.63) is 0 Å². The second-order valence-electron chi connectivity index (χ2n) is 3.92. The Kier molecular flexibility index (Phi) is 1.35. The van der Waals surface area contributed by atoms with Gasteiger partial charge in [0.15, 0.2) is 0 Å². The van der Waals surface area contributed by atoms with E-state index < -0.39 is 6.17 Å². The normalized spacial score (nSPS) is 42.5. The van der Waals surface area contributed by atoms with E-state index in [4.69, 9.17) is 11.5 Å². The van der Waals surface area contributed by atoms with Crippen LogP contribution >= 0.6 is 0 Å². The van der Waals surface area contributed by atoms with Crippen LogP contribution in [0.4, 0.5) is 0 Å². The standard InChI is InChI=1S/C8H14N2O/c9-7(10)8-2-1-5(4-8)3-6(8)11/h5,7H,1-4,9-10H2. The third kappa shape index (κ3) is 0.781. The molecule has 2 rings (SSSR count). The van der Waals surface area contributed by atoms with Crippen molar-refractivity contribution in [2.24, 2.45) is 22.8 Å². The molecule has 4 N–H and O–H groups in total. The maximum absolute atomic E-state index is 11.4. The molecule has 0 radical (unpaired) electrons. The van der Waals surface area contributed by atoms with Crippen LogP contribution in [0, 0.1) is 11.3 Å². The fourth-order valence-electron chi connectivity index (χ4n) is 2.56. The molecule has 3 heteroatoms. The van der Waals surface area contributed by atoms with Crippen LogP contribution in [0.3, 0.4) is 0 Å². The highest BCUT2D eigenvalue weighted by atomic mass is 16.1. The molecule has 0 aromatic rings. The zero-order valence-electron chi connectivity index (χ0n) is 6.55. The monoisotopic (exact) mass is 154 g/mol. The third-order valence-corrected chi connectivity index (χ3v) is 3.32. The van der Waals surface area contributed by atoms with Crippen LogP contribution < -0.4 is 11.5 Å². The molecule has 0 amide bonds. The van der Waals surface area contributed by atoms with Crippen LogP contribution in [0.25, 0.3) is 0 Å². The molecule has 2 saturated carbocycles. The minimum atomic E-state index is -0.428. The molecule has 11 heavy (non-hydrogen) atoms. The highest BCUT2D eigenvalue weighted by Gasteiger charge is 2.53. The van der Waals surface area contributed by atoms with Gasteiger partial charge in [0.1, 0.15) is 5.78 Å². The number of nitrogens with two attached hydrogens (primary N) is 2. The summed E-state index contributed by atoms with van der Waals surface area (Å²) >= 11 is 0. The van der Waals surface area contributed by atoms with E-state index in [0.717, 1.165) is 25.7 Å². The first-order chi connectivity index (χ1) is 5.15. The van der Waals surface area contributed by atoms with Gasteiger partial charge in [-0.2, -0.15) is 0 Å². The fourth-order valence-corrected chi connectivity index (χ4v) is 2.56. The van der Waals surface area contributed by atoms with Crippen LogP contribution in [-0.2, 0) is 4.79 Å². The fraction of sp³-hybridized carbons (Fsp3) is 0.875. The highest BCUT2D eigenvalue weighted by molar-refractivity contribution is 5.88. The summed E-state index contributed by atoms with van der Waals surface area (Å²) in [5, 5.41) is 0. The average molecular weight is 154 g/mol. The Balaban J connectivity index is 2.29. The lowest BCUT2D eigenvalue weighted by Gasteiger charge is -2.28. The lowest BCUT2D eigenvalue weighted by atomic mass is 9.80. The van der Waals surface area contributed by atoms with Crippen molar-refractivity contribution in [1.29, 1.82) is 0 Å². The number of ketones is 1. The average Bonchev–Trinajstić information content (AvgIpc) is 2.43. The quantitative estimate of drug-likeness (QED) is 0.522. The number of carbonyl (C=O) groups excluding carboxylic acids is 1. The van der Waals surface area contributed by atoms with Gasteiger partial charge in [0, 0.05) is 6.42 Å². The zero-order chi connectivity index (χ0) is 8.06. The van der Waals surface area contributed by atoms with Crippen molar-refractivity contribution in [2.45, 2.75) is 31.8 Å². The Morgan fingerprint density at radius 2 is 2.27 bits per heavy atom. The summed E-state index contributed by atoms with van der Waals surface area (Å²) in [6.07, 6.45) is 3.32. The molecule has 0 spiro atoms. The van der Waals surface area contributed by atoms with Gasteiger partial charge in [-0.05, 0) is 25.2 Å². The van der Waals surface area contributed by atoms with E-state index in [9.17, 15) is 4.79 Å². The van der Waals surface area contributed by atoms with E-state index in [2.05, 4.69) is 0 Å². The molecule has 2 unspecified atom stereocenters. The van der Waals surface area contributed by atoms with Crippen molar-refractivity contribution < 1.29 is 4.79 Å². The van der Waals surface area contributed by atoms with Crippen molar-refractivity contribution in [3.63, 3.8) is 0 Å². The molecule has 0 aliphatic heterocycles. The Bertz CT molecular complexity index is 202. The Hall–Kier alpha value is -0.410. The van der Waals surface area contributed by atoms with Crippen molar-refractivity contribution >= 4 is 5.78 Å². The van der Waals surface area contributed by atoms with E-state index in [1.165, 1.54) is 0 Å². The summed E-state index contributed by atoms with van der Waals surface area (Å²) in [5.74, 6) is 0.904. The van der Waals surface area contributed by atoms with Crippen molar-refractivity contribution in [2.75, 3.05) is 0 Å². The summed E-state index contributed by atoms with van der Waals surface area (Å²) in [4.78, 5) is 11.4. The number of carbonyl (C=O) groups is 1. The van der Waals surface area contributed by atoms with Gasteiger partial charge in [0.25, 0.3) is 0 Å². The molecule has 2 atom stereocenters. The number of Topliss-reactive ketones (excluding diaryl/α,β-unsaturated/α-hetero) is 1. The van der Waals surface area contributed by atoms with Crippen molar-refractivity contribution in [3.8, 4) is 0 Å². The van der Waals surface area contributed by atoms with E-state index in [0.29, 0.717) is 11.7 Å². The van der Waals surface area contributed by atoms with Gasteiger partial charge in [-0.1, -0.05) is 0 Å². The summed E-state index contributed by atoms with van der Waals surface area (Å²) in [5.41, 5.74) is 10.9. The van der Waals surface area contributed by atoms with Gasteiger partial charge < -0.3 is 11.5 Å². The molecule has 2 aliphatic carbocycles. The molecule has 0 aromatic heterocycles. The molecule has 0 heterocycles. The molecule has 2 fully saturated rings. The molecule has 2 bridgehead atoms. The Morgan fingerprint density at radius 1 is 1.55 bits per heavy atom. The van der Waals surface area contributed by atoms with Crippen LogP contribution in [0.2, 0.25) is 0 Å². The highest BCUT2D eigenvalue weighted by Crippen LogP contribution is 2.52.